The standard InChI is InChI=1S/C14H11N3O2/c1-17(11-5-2-4-10(8-11)9-15)13-12(14(18)19)6-3-7-16-13/h2-8H,1H3,(H,18,19). The van der Waals surface area contributed by atoms with E-state index < -0.39 is 5.97 Å². The molecule has 5 nitrogen and oxygen atoms in total. The minimum Gasteiger partial charge on any atom is -0.478 e. The van der Waals surface area contributed by atoms with Gasteiger partial charge in [-0.3, -0.25) is 0 Å². The first-order valence-electron chi connectivity index (χ1n) is 5.55. The highest BCUT2D eigenvalue weighted by Gasteiger charge is 2.15. The average molecular weight is 253 g/mol. The van der Waals surface area contributed by atoms with Crippen LogP contribution in [0.25, 0.3) is 0 Å². The van der Waals surface area contributed by atoms with Crippen molar-refractivity contribution in [3.05, 3.63) is 53.7 Å². The maximum absolute atomic E-state index is 11.2. The third-order valence-corrected chi connectivity index (χ3v) is 2.70. The van der Waals surface area contributed by atoms with Gasteiger partial charge in [0.05, 0.1) is 11.6 Å². The van der Waals surface area contributed by atoms with Crippen LogP contribution in [0.4, 0.5) is 11.5 Å². The molecule has 0 saturated carbocycles. The Morgan fingerprint density at radius 2 is 2.16 bits per heavy atom. The largest absolute Gasteiger partial charge is 0.478 e. The zero-order chi connectivity index (χ0) is 13.8. The molecule has 0 atom stereocenters. The lowest BCUT2D eigenvalue weighted by molar-refractivity contribution is 0.0697. The Labute approximate surface area is 110 Å². The van der Waals surface area contributed by atoms with Gasteiger partial charge in [-0.05, 0) is 30.3 Å². The van der Waals surface area contributed by atoms with E-state index in [0.29, 0.717) is 17.1 Å². The van der Waals surface area contributed by atoms with Crippen molar-refractivity contribution in [1.29, 1.82) is 5.26 Å². The number of carboxylic acid groups (broad SMARTS) is 1. The van der Waals surface area contributed by atoms with Crippen molar-refractivity contribution in [2.24, 2.45) is 0 Å². The molecular formula is C14H11N3O2. The Hall–Kier alpha value is -2.87. The van der Waals surface area contributed by atoms with Crippen LogP contribution in [0.3, 0.4) is 0 Å². The minimum atomic E-state index is -1.04. The van der Waals surface area contributed by atoms with E-state index in [1.165, 1.54) is 12.3 Å². The van der Waals surface area contributed by atoms with Crippen molar-refractivity contribution in [2.75, 3.05) is 11.9 Å². The molecule has 1 aromatic carbocycles. The van der Waals surface area contributed by atoms with Gasteiger partial charge < -0.3 is 10.0 Å². The molecule has 0 radical (unpaired) electrons. The van der Waals surface area contributed by atoms with Gasteiger partial charge in [-0.25, -0.2) is 9.78 Å². The fraction of sp³-hybridized carbons (Fsp3) is 0.0714. The zero-order valence-electron chi connectivity index (χ0n) is 10.2. The molecule has 0 saturated heterocycles. The van der Waals surface area contributed by atoms with E-state index in [1.54, 1.807) is 42.3 Å². The molecule has 0 aliphatic carbocycles. The number of anilines is 2. The molecule has 19 heavy (non-hydrogen) atoms. The molecule has 0 amide bonds. The maximum Gasteiger partial charge on any atom is 0.339 e. The highest BCUT2D eigenvalue weighted by molar-refractivity contribution is 5.94. The number of rotatable bonds is 3. The number of benzene rings is 1. The summed E-state index contributed by atoms with van der Waals surface area (Å²) >= 11 is 0. The Morgan fingerprint density at radius 3 is 2.84 bits per heavy atom. The number of nitriles is 1. The Kier molecular flexibility index (Phi) is 3.44. The summed E-state index contributed by atoms with van der Waals surface area (Å²) in [5.74, 6) is -0.698. The van der Waals surface area contributed by atoms with Crippen molar-refractivity contribution in [1.82, 2.24) is 4.98 Å². The quantitative estimate of drug-likeness (QED) is 0.908. The molecule has 1 N–H and O–H groups in total. The number of carboxylic acids is 1. The summed E-state index contributed by atoms with van der Waals surface area (Å²) in [5, 5.41) is 18.0. The van der Waals surface area contributed by atoms with Crippen molar-refractivity contribution < 1.29 is 9.90 Å². The molecule has 94 valence electrons. The Morgan fingerprint density at radius 1 is 1.37 bits per heavy atom. The van der Waals surface area contributed by atoms with Crippen LogP contribution < -0.4 is 4.90 Å². The molecule has 0 bridgehead atoms. The number of aromatic carboxylic acids is 1. The van der Waals surface area contributed by atoms with Gasteiger partial charge in [0.2, 0.25) is 0 Å². The number of aromatic nitrogens is 1. The van der Waals surface area contributed by atoms with Gasteiger partial charge in [-0.1, -0.05) is 6.07 Å². The van der Waals surface area contributed by atoms with Crippen LogP contribution in [0.1, 0.15) is 15.9 Å². The molecule has 2 rings (SSSR count). The zero-order valence-corrected chi connectivity index (χ0v) is 10.2. The van der Waals surface area contributed by atoms with Crippen molar-refractivity contribution in [3.63, 3.8) is 0 Å². The fourth-order valence-corrected chi connectivity index (χ4v) is 1.74. The maximum atomic E-state index is 11.2. The van der Waals surface area contributed by atoms with Gasteiger partial charge in [0.25, 0.3) is 0 Å². The van der Waals surface area contributed by atoms with Crippen LogP contribution in [0.2, 0.25) is 0 Å². The van der Waals surface area contributed by atoms with Crippen molar-refractivity contribution >= 4 is 17.5 Å². The van der Waals surface area contributed by atoms with E-state index >= 15 is 0 Å². The van der Waals surface area contributed by atoms with Crippen LogP contribution in [-0.4, -0.2) is 23.1 Å². The van der Waals surface area contributed by atoms with Gasteiger partial charge >= 0.3 is 5.97 Å². The van der Waals surface area contributed by atoms with Crippen molar-refractivity contribution in [2.45, 2.75) is 0 Å². The summed E-state index contributed by atoms with van der Waals surface area (Å²) in [6, 6.07) is 12.0. The topological polar surface area (TPSA) is 77.2 Å². The third-order valence-electron chi connectivity index (χ3n) is 2.70. The van der Waals surface area contributed by atoms with E-state index in [-0.39, 0.29) is 5.56 Å². The summed E-state index contributed by atoms with van der Waals surface area (Å²) in [6.45, 7) is 0. The first-order valence-corrected chi connectivity index (χ1v) is 5.55. The van der Waals surface area contributed by atoms with Crippen LogP contribution in [0.15, 0.2) is 42.6 Å². The third kappa shape index (κ3) is 2.53. The van der Waals surface area contributed by atoms with Gasteiger partial charge in [-0.15, -0.1) is 0 Å². The van der Waals surface area contributed by atoms with Gasteiger partial charge in [0.1, 0.15) is 11.4 Å². The number of hydrogen-bond donors (Lipinski definition) is 1. The molecule has 0 fully saturated rings. The molecule has 1 aromatic heterocycles. The second-order valence-corrected chi connectivity index (χ2v) is 3.90. The van der Waals surface area contributed by atoms with Gasteiger partial charge in [0, 0.05) is 18.9 Å². The van der Waals surface area contributed by atoms with Crippen LogP contribution in [0, 0.1) is 11.3 Å². The Balaban J connectivity index is 2.47. The number of carbonyl (C=O) groups is 1. The molecule has 1 heterocycles. The van der Waals surface area contributed by atoms with Gasteiger partial charge in [-0.2, -0.15) is 5.26 Å². The molecule has 0 spiro atoms. The van der Waals surface area contributed by atoms with E-state index in [4.69, 9.17) is 10.4 Å². The predicted octanol–water partition coefficient (Wildman–Crippen LogP) is 2.42. The first kappa shape index (κ1) is 12.6. The summed E-state index contributed by atoms with van der Waals surface area (Å²) in [7, 11) is 1.71. The van der Waals surface area contributed by atoms with Crippen LogP contribution >= 0.6 is 0 Å². The van der Waals surface area contributed by atoms with Crippen LogP contribution in [0.5, 0.6) is 0 Å². The predicted molar refractivity (Wildman–Crippen MR) is 70.4 cm³/mol. The van der Waals surface area contributed by atoms with Crippen molar-refractivity contribution in [3.8, 4) is 6.07 Å². The van der Waals surface area contributed by atoms with Crippen LogP contribution in [-0.2, 0) is 0 Å². The minimum absolute atomic E-state index is 0.118. The summed E-state index contributed by atoms with van der Waals surface area (Å²) in [4.78, 5) is 16.9. The SMILES string of the molecule is CN(c1cccc(C#N)c1)c1ncccc1C(=O)O. The highest BCUT2D eigenvalue weighted by atomic mass is 16.4. The van der Waals surface area contributed by atoms with Gasteiger partial charge in [0.15, 0.2) is 0 Å². The molecule has 5 heteroatoms. The highest BCUT2D eigenvalue weighted by Crippen LogP contribution is 2.25. The second kappa shape index (κ2) is 5.19. The smallest absolute Gasteiger partial charge is 0.339 e. The molecule has 0 aliphatic heterocycles. The normalized spacial score (nSPS) is 9.68. The summed E-state index contributed by atoms with van der Waals surface area (Å²) in [6.07, 6.45) is 1.53. The lowest BCUT2D eigenvalue weighted by Gasteiger charge is -2.20. The molecule has 2 aromatic rings. The number of nitrogens with zero attached hydrogens (tertiary/aromatic N) is 3. The van der Waals surface area contributed by atoms with E-state index in [0.717, 1.165) is 0 Å². The Bertz CT molecular complexity index is 662. The summed E-state index contributed by atoms with van der Waals surface area (Å²) in [5.41, 5.74) is 1.34. The lowest BCUT2D eigenvalue weighted by Crippen LogP contribution is -2.15. The van der Waals surface area contributed by atoms with E-state index in [1.807, 2.05) is 6.07 Å². The van der Waals surface area contributed by atoms with E-state index in [2.05, 4.69) is 4.98 Å². The first-order chi connectivity index (χ1) is 9.13. The lowest BCUT2D eigenvalue weighted by atomic mass is 10.2. The average Bonchev–Trinajstić information content (AvgIpc) is 2.46. The number of pyridine rings is 1. The molecule has 0 aliphatic rings. The molecular weight excluding hydrogens is 242 g/mol. The molecule has 0 unspecified atom stereocenters. The summed E-state index contributed by atoms with van der Waals surface area (Å²) < 4.78 is 0. The van der Waals surface area contributed by atoms with E-state index in [9.17, 15) is 4.79 Å². The second-order valence-electron chi connectivity index (χ2n) is 3.90. The fourth-order valence-electron chi connectivity index (χ4n) is 1.74. The number of hydrogen-bond acceptors (Lipinski definition) is 4. The monoisotopic (exact) mass is 253 g/mol.